The topological polar surface area (TPSA) is 52.6 Å². The fourth-order valence-corrected chi connectivity index (χ4v) is 3.25. The number of hydrogen-bond donors (Lipinski definition) is 0. The van der Waals surface area contributed by atoms with Crippen molar-refractivity contribution in [2.75, 3.05) is 13.2 Å². The second-order valence-corrected chi connectivity index (χ2v) is 8.32. The molecule has 0 unspecified atom stereocenters. The molecule has 0 aliphatic rings. The van der Waals surface area contributed by atoms with Crippen molar-refractivity contribution in [1.29, 1.82) is 0 Å². The van der Waals surface area contributed by atoms with E-state index in [-0.39, 0.29) is 11.9 Å². The summed E-state index contributed by atoms with van der Waals surface area (Å²) >= 11 is 6.83. The van der Waals surface area contributed by atoms with Crippen LogP contribution < -0.4 is 0 Å². The Labute approximate surface area is 182 Å². The number of esters is 2. The summed E-state index contributed by atoms with van der Waals surface area (Å²) in [5.74, 6) is -0.613. The Bertz CT molecular complexity index is 764. The van der Waals surface area contributed by atoms with Crippen molar-refractivity contribution >= 4 is 43.8 Å². The van der Waals surface area contributed by atoms with E-state index in [0.717, 1.165) is 45.8 Å². The van der Waals surface area contributed by atoms with Gasteiger partial charge in [0.05, 0.1) is 24.3 Å². The summed E-state index contributed by atoms with van der Waals surface area (Å²) in [5, 5.41) is 0. The van der Waals surface area contributed by atoms with E-state index in [4.69, 9.17) is 9.47 Å². The first-order chi connectivity index (χ1) is 13.4. The molecule has 0 spiro atoms. The predicted octanol–water partition coefficient (Wildman–Crippen LogP) is 6.40. The number of benzene rings is 2. The summed E-state index contributed by atoms with van der Waals surface area (Å²) in [6, 6.07) is 10.9. The highest BCUT2D eigenvalue weighted by Crippen LogP contribution is 2.19. The average Bonchev–Trinajstić information content (AvgIpc) is 2.67. The smallest absolute Gasteiger partial charge is 0.338 e. The first-order valence-corrected chi connectivity index (χ1v) is 10.8. The normalized spacial score (nSPS) is 10.6. The highest BCUT2D eigenvalue weighted by atomic mass is 79.9. The summed E-state index contributed by atoms with van der Waals surface area (Å²) in [4.78, 5) is 24.0. The Morgan fingerprint density at radius 3 is 1.46 bits per heavy atom. The van der Waals surface area contributed by atoms with Gasteiger partial charge in [-0.1, -0.05) is 44.0 Å². The zero-order valence-corrected chi connectivity index (χ0v) is 19.3. The van der Waals surface area contributed by atoms with Gasteiger partial charge >= 0.3 is 11.9 Å². The molecular weight excluding hydrogens is 488 g/mol. The molecule has 2 rings (SSSR count). The van der Waals surface area contributed by atoms with Gasteiger partial charge in [-0.25, -0.2) is 9.59 Å². The number of carbonyl (C=O) groups excluding carboxylic acids is 2. The lowest BCUT2D eigenvalue weighted by Gasteiger charge is -2.07. The Morgan fingerprint density at radius 2 is 1.11 bits per heavy atom. The molecule has 0 saturated heterocycles. The van der Waals surface area contributed by atoms with E-state index in [0.29, 0.717) is 24.3 Å². The molecule has 0 N–H and O–H groups in total. The summed E-state index contributed by atoms with van der Waals surface area (Å²) < 4.78 is 12.4. The monoisotopic (exact) mass is 510 g/mol. The zero-order chi connectivity index (χ0) is 20.5. The molecule has 0 saturated carbocycles. The second-order valence-electron chi connectivity index (χ2n) is 6.61. The molecule has 0 aliphatic carbocycles. The van der Waals surface area contributed by atoms with Crippen LogP contribution in [0.4, 0.5) is 0 Å². The van der Waals surface area contributed by atoms with Gasteiger partial charge in [-0.15, -0.1) is 0 Å². The SMILES string of the molecule is Cc1ccc(C(=O)OCCCCCCOC(=O)c2ccc(C)c(Br)c2)cc1Br. The van der Waals surface area contributed by atoms with E-state index >= 15 is 0 Å². The van der Waals surface area contributed by atoms with Gasteiger partial charge in [0.2, 0.25) is 0 Å². The fraction of sp³-hybridized carbons (Fsp3) is 0.364. The molecule has 4 nitrogen and oxygen atoms in total. The van der Waals surface area contributed by atoms with Crippen molar-refractivity contribution in [3.8, 4) is 0 Å². The third-order valence-electron chi connectivity index (χ3n) is 4.32. The third kappa shape index (κ3) is 7.06. The lowest BCUT2D eigenvalue weighted by atomic mass is 10.1. The molecule has 28 heavy (non-hydrogen) atoms. The van der Waals surface area contributed by atoms with E-state index in [1.54, 1.807) is 24.3 Å². The number of aryl methyl sites for hydroxylation is 2. The zero-order valence-electron chi connectivity index (χ0n) is 16.1. The van der Waals surface area contributed by atoms with E-state index in [1.165, 1.54) is 0 Å². The van der Waals surface area contributed by atoms with Gasteiger partial charge in [-0.05, 0) is 74.9 Å². The van der Waals surface area contributed by atoms with E-state index in [9.17, 15) is 9.59 Å². The molecule has 0 radical (unpaired) electrons. The van der Waals surface area contributed by atoms with Gasteiger partial charge in [-0.3, -0.25) is 0 Å². The molecule has 2 aromatic carbocycles. The minimum Gasteiger partial charge on any atom is -0.462 e. The summed E-state index contributed by atoms with van der Waals surface area (Å²) in [6.45, 7) is 4.72. The van der Waals surface area contributed by atoms with Crippen LogP contribution in [-0.4, -0.2) is 25.2 Å². The van der Waals surface area contributed by atoms with Gasteiger partial charge < -0.3 is 9.47 Å². The first kappa shape index (κ1) is 22.6. The van der Waals surface area contributed by atoms with Crippen LogP contribution >= 0.6 is 31.9 Å². The molecule has 0 bridgehead atoms. The third-order valence-corrected chi connectivity index (χ3v) is 6.03. The van der Waals surface area contributed by atoms with Crippen LogP contribution in [0.3, 0.4) is 0 Å². The minimum absolute atomic E-state index is 0.307. The van der Waals surface area contributed by atoms with Crippen LogP contribution in [0.1, 0.15) is 57.5 Å². The highest BCUT2D eigenvalue weighted by Gasteiger charge is 2.09. The van der Waals surface area contributed by atoms with Gasteiger partial charge in [0.1, 0.15) is 0 Å². The van der Waals surface area contributed by atoms with Crippen LogP contribution in [0.2, 0.25) is 0 Å². The molecule has 0 amide bonds. The molecule has 0 atom stereocenters. The molecule has 0 fully saturated rings. The summed E-state index contributed by atoms with van der Waals surface area (Å²) in [6.07, 6.45) is 3.41. The van der Waals surface area contributed by atoms with Crippen LogP contribution in [0.5, 0.6) is 0 Å². The van der Waals surface area contributed by atoms with Crippen LogP contribution in [-0.2, 0) is 9.47 Å². The maximum atomic E-state index is 12.0. The molecular formula is C22H24Br2O4. The Balaban J connectivity index is 1.56. The van der Waals surface area contributed by atoms with Crippen LogP contribution in [0, 0.1) is 13.8 Å². The average molecular weight is 512 g/mol. The maximum absolute atomic E-state index is 12.0. The van der Waals surface area contributed by atoms with E-state index < -0.39 is 0 Å². The molecule has 2 aromatic rings. The number of rotatable bonds is 9. The van der Waals surface area contributed by atoms with Crippen molar-refractivity contribution in [2.45, 2.75) is 39.5 Å². The fourth-order valence-electron chi connectivity index (χ4n) is 2.49. The lowest BCUT2D eigenvalue weighted by Crippen LogP contribution is -2.07. The Hall–Kier alpha value is -1.66. The molecule has 150 valence electrons. The van der Waals surface area contributed by atoms with Crippen molar-refractivity contribution < 1.29 is 19.1 Å². The lowest BCUT2D eigenvalue weighted by molar-refractivity contribution is 0.0473. The van der Waals surface area contributed by atoms with Crippen molar-refractivity contribution in [2.24, 2.45) is 0 Å². The summed E-state index contributed by atoms with van der Waals surface area (Å²) in [7, 11) is 0. The maximum Gasteiger partial charge on any atom is 0.338 e. The van der Waals surface area contributed by atoms with Crippen molar-refractivity contribution in [3.05, 3.63) is 67.6 Å². The summed E-state index contributed by atoms with van der Waals surface area (Å²) in [5.41, 5.74) is 3.25. The molecule has 0 aliphatic heterocycles. The van der Waals surface area contributed by atoms with Gasteiger partial charge in [0.15, 0.2) is 0 Å². The Morgan fingerprint density at radius 1 is 0.714 bits per heavy atom. The Kier molecular flexibility index (Phi) is 9.19. The van der Waals surface area contributed by atoms with Crippen molar-refractivity contribution in [1.82, 2.24) is 0 Å². The van der Waals surface area contributed by atoms with Gasteiger partial charge in [-0.2, -0.15) is 0 Å². The van der Waals surface area contributed by atoms with E-state index in [2.05, 4.69) is 31.9 Å². The van der Waals surface area contributed by atoms with Crippen molar-refractivity contribution in [3.63, 3.8) is 0 Å². The second kappa shape index (κ2) is 11.4. The van der Waals surface area contributed by atoms with E-state index in [1.807, 2.05) is 26.0 Å². The van der Waals surface area contributed by atoms with Gasteiger partial charge in [0, 0.05) is 8.95 Å². The van der Waals surface area contributed by atoms with Crippen LogP contribution in [0.15, 0.2) is 45.3 Å². The molecule has 0 aromatic heterocycles. The van der Waals surface area contributed by atoms with Crippen LogP contribution in [0.25, 0.3) is 0 Å². The van der Waals surface area contributed by atoms with Gasteiger partial charge in [0.25, 0.3) is 0 Å². The number of hydrogen-bond acceptors (Lipinski definition) is 4. The first-order valence-electron chi connectivity index (χ1n) is 9.25. The predicted molar refractivity (Wildman–Crippen MR) is 117 cm³/mol. The standard InChI is InChI=1S/C22H24Br2O4/c1-15-7-9-17(13-19(15)23)21(25)27-11-5-3-4-6-12-28-22(26)18-10-8-16(2)20(24)14-18/h7-10,13-14H,3-6,11-12H2,1-2H3. The molecule has 0 heterocycles. The largest absolute Gasteiger partial charge is 0.462 e. The molecule has 6 heteroatoms. The number of unbranched alkanes of at least 4 members (excludes halogenated alkanes) is 3. The number of ether oxygens (including phenoxy) is 2. The minimum atomic E-state index is -0.307. The number of carbonyl (C=O) groups is 2. The quantitative estimate of drug-likeness (QED) is 0.288. The highest BCUT2D eigenvalue weighted by molar-refractivity contribution is 9.10. The number of halogens is 2.